The normalized spacial score (nSPS) is 17.7. The van der Waals surface area contributed by atoms with E-state index in [4.69, 9.17) is 10.9 Å². The Morgan fingerprint density at radius 1 is 1.14 bits per heavy atom. The highest BCUT2D eigenvalue weighted by molar-refractivity contribution is 6.03. The summed E-state index contributed by atoms with van der Waals surface area (Å²) in [6.45, 7) is 0. The number of rotatable bonds is 8. The fourth-order valence-corrected chi connectivity index (χ4v) is 2.95. The summed E-state index contributed by atoms with van der Waals surface area (Å²) in [5.74, 6) is 3.14. The second-order valence-electron chi connectivity index (χ2n) is 6.73. The zero-order valence-electron chi connectivity index (χ0n) is 15.5. The van der Waals surface area contributed by atoms with Crippen LogP contribution in [-0.4, -0.2) is 34.1 Å². The van der Waals surface area contributed by atoms with Crippen molar-refractivity contribution in [2.45, 2.75) is 19.3 Å². The Morgan fingerprint density at radius 3 is 2.48 bits per heavy atom. The lowest BCUT2D eigenvalue weighted by Gasteiger charge is -2.09. The molecule has 0 spiro atoms. The predicted molar refractivity (Wildman–Crippen MR) is 107 cm³/mol. The molecule has 1 unspecified atom stereocenters. The number of hydrogen-bond acceptors (Lipinski definition) is 6. The molecule has 1 aliphatic rings. The number of hydrogen-bond donors (Lipinski definition) is 4. The number of pyridine rings is 1. The van der Waals surface area contributed by atoms with E-state index in [1.807, 2.05) is 0 Å². The van der Waals surface area contributed by atoms with Gasteiger partial charge in [-0.2, -0.15) is 5.10 Å². The number of carbonyl (C=O) groups excluding carboxylic acids is 2. The van der Waals surface area contributed by atoms with Crippen LogP contribution in [0.1, 0.15) is 24.0 Å². The Morgan fingerprint density at radius 2 is 1.83 bits per heavy atom. The summed E-state index contributed by atoms with van der Waals surface area (Å²) >= 11 is 0. The van der Waals surface area contributed by atoms with Crippen LogP contribution < -0.4 is 16.5 Å². The lowest BCUT2D eigenvalue weighted by Crippen LogP contribution is -2.21. The van der Waals surface area contributed by atoms with Gasteiger partial charge in [-0.25, -0.2) is 4.98 Å². The number of nitrogens with one attached hydrogen (secondary N) is 2. The molecule has 9 nitrogen and oxygen atoms in total. The average molecular weight is 395 g/mol. The molecule has 1 heterocycles. The summed E-state index contributed by atoms with van der Waals surface area (Å²) < 4.78 is 0. The Hall–Kier alpha value is -3.75. The van der Waals surface area contributed by atoms with E-state index < -0.39 is 17.8 Å². The van der Waals surface area contributed by atoms with Gasteiger partial charge in [0.1, 0.15) is 5.82 Å². The molecule has 150 valence electrons. The van der Waals surface area contributed by atoms with E-state index in [0.29, 0.717) is 23.5 Å². The van der Waals surface area contributed by atoms with Crippen LogP contribution in [0.15, 0.2) is 47.7 Å². The van der Waals surface area contributed by atoms with Crippen molar-refractivity contribution in [2.24, 2.45) is 22.8 Å². The topological polar surface area (TPSA) is 147 Å². The minimum absolute atomic E-state index is 0.0566. The fraction of sp³-hybridized carbons (Fsp3) is 0.250. The van der Waals surface area contributed by atoms with E-state index in [-0.39, 0.29) is 24.7 Å². The molecule has 9 heteroatoms. The number of nitrogens with two attached hydrogens (primary N) is 1. The third-order valence-electron chi connectivity index (χ3n) is 4.61. The highest BCUT2D eigenvalue weighted by atomic mass is 16.4. The molecule has 3 rings (SSSR count). The zero-order valence-corrected chi connectivity index (χ0v) is 15.5. The monoisotopic (exact) mass is 395 g/mol. The molecule has 0 radical (unpaired) electrons. The molecule has 1 saturated carbocycles. The maximum Gasteiger partial charge on any atom is 0.303 e. The third kappa shape index (κ3) is 5.38. The van der Waals surface area contributed by atoms with Gasteiger partial charge >= 0.3 is 5.97 Å². The van der Waals surface area contributed by atoms with Crippen LogP contribution in [0, 0.1) is 11.8 Å². The molecule has 29 heavy (non-hydrogen) atoms. The lowest BCUT2D eigenvalue weighted by molar-refractivity contribution is -0.137. The number of anilines is 2. The van der Waals surface area contributed by atoms with Crippen LogP contribution in [0.3, 0.4) is 0 Å². The number of benzene rings is 1. The number of nitrogens with zero attached hydrogens (tertiary/aromatic N) is 2. The first kappa shape index (κ1) is 20.0. The van der Waals surface area contributed by atoms with Crippen molar-refractivity contribution in [1.82, 2.24) is 4.98 Å². The molecule has 0 bridgehead atoms. The van der Waals surface area contributed by atoms with Crippen molar-refractivity contribution in [3.8, 4) is 0 Å². The number of aromatic nitrogens is 1. The van der Waals surface area contributed by atoms with Gasteiger partial charge in [0.05, 0.1) is 18.1 Å². The molecular weight excluding hydrogens is 374 g/mol. The summed E-state index contributed by atoms with van der Waals surface area (Å²) in [7, 11) is 0. The van der Waals surface area contributed by atoms with Crippen LogP contribution in [0.2, 0.25) is 0 Å². The smallest absolute Gasteiger partial charge is 0.303 e. The van der Waals surface area contributed by atoms with Crippen molar-refractivity contribution in [3.05, 3.63) is 53.7 Å². The molecule has 0 saturated heterocycles. The molecule has 2 aromatic rings. The van der Waals surface area contributed by atoms with Gasteiger partial charge in [-0.3, -0.25) is 14.4 Å². The van der Waals surface area contributed by atoms with Crippen LogP contribution >= 0.6 is 0 Å². The molecule has 1 aromatic heterocycles. The number of amides is 2. The van der Waals surface area contributed by atoms with Gasteiger partial charge in [-0.05, 0) is 42.2 Å². The second-order valence-corrected chi connectivity index (χ2v) is 6.73. The molecule has 0 aliphatic heterocycles. The number of carboxylic acids is 1. The van der Waals surface area contributed by atoms with Gasteiger partial charge in [-0.15, -0.1) is 0 Å². The number of hydrazone groups is 1. The Balaban J connectivity index is 1.55. The van der Waals surface area contributed by atoms with Gasteiger partial charge in [0.15, 0.2) is 0 Å². The SMILES string of the molecule is NN=Cc1ccc(NC(=O)C2C[C@@H]2C(=O)Nc2ncccc2CCC(=O)O)cc1. The van der Waals surface area contributed by atoms with E-state index >= 15 is 0 Å². The minimum atomic E-state index is -0.923. The van der Waals surface area contributed by atoms with E-state index in [1.54, 1.807) is 36.4 Å². The maximum atomic E-state index is 12.5. The van der Waals surface area contributed by atoms with E-state index in [2.05, 4.69) is 20.7 Å². The van der Waals surface area contributed by atoms with E-state index in [1.165, 1.54) is 12.4 Å². The summed E-state index contributed by atoms with van der Waals surface area (Å²) in [6.07, 6.45) is 3.68. The van der Waals surface area contributed by atoms with Gasteiger partial charge < -0.3 is 21.6 Å². The first-order valence-electron chi connectivity index (χ1n) is 9.08. The van der Waals surface area contributed by atoms with Crippen LogP contribution in [0.5, 0.6) is 0 Å². The molecule has 5 N–H and O–H groups in total. The quantitative estimate of drug-likeness (QED) is 0.303. The van der Waals surface area contributed by atoms with E-state index in [0.717, 1.165) is 5.56 Å². The second kappa shape index (κ2) is 8.96. The first-order chi connectivity index (χ1) is 14.0. The van der Waals surface area contributed by atoms with Crippen molar-refractivity contribution >= 4 is 35.5 Å². The zero-order chi connectivity index (χ0) is 20.8. The van der Waals surface area contributed by atoms with Gasteiger partial charge in [-0.1, -0.05) is 18.2 Å². The molecule has 1 aliphatic carbocycles. The highest BCUT2D eigenvalue weighted by Crippen LogP contribution is 2.40. The fourth-order valence-electron chi connectivity index (χ4n) is 2.95. The van der Waals surface area contributed by atoms with Gasteiger partial charge in [0, 0.05) is 18.3 Å². The molecular formula is C20H21N5O4. The number of carboxylic acid groups (broad SMARTS) is 1. The Bertz CT molecular complexity index is 942. The average Bonchev–Trinajstić information content (AvgIpc) is 3.50. The van der Waals surface area contributed by atoms with E-state index in [9.17, 15) is 14.4 Å². The van der Waals surface area contributed by atoms with Crippen LogP contribution in [0.4, 0.5) is 11.5 Å². The van der Waals surface area contributed by atoms with Crippen LogP contribution in [0.25, 0.3) is 0 Å². The highest BCUT2D eigenvalue weighted by Gasteiger charge is 2.48. The third-order valence-corrected chi connectivity index (χ3v) is 4.61. The molecule has 2 atom stereocenters. The van der Waals surface area contributed by atoms with Gasteiger partial charge in [0.2, 0.25) is 11.8 Å². The van der Waals surface area contributed by atoms with Crippen LogP contribution in [-0.2, 0) is 20.8 Å². The van der Waals surface area contributed by atoms with Crippen molar-refractivity contribution in [3.63, 3.8) is 0 Å². The molecule has 1 fully saturated rings. The van der Waals surface area contributed by atoms with Crippen molar-refractivity contribution < 1.29 is 19.5 Å². The first-order valence-corrected chi connectivity index (χ1v) is 9.08. The molecule has 2 amide bonds. The minimum Gasteiger partial charge on any atom is -0.481 e. The number of aliphatic carboxylic acids is 1. The number of carbonyl (C=O) groups is 3. The standard InChI is InChI=1S/C20H21N5O4/c21-23-11-12-3-6-14(7-4-12)24-19(28)15-10-16(15)20(29)25-18-13(2-1-9-22-18)5-8-17(26)27/h1-4,6-7,9,11,15-16H,5,8,10,21H2,(H,24,28)(H,26,27)(H,22,25,29)/t15?,16-/m0/s1. The van der Waals surface area contributed by atoms with Crippen molar-refractivity contribution in [2.75, 3.05) is 10.6 Å². The summed E-state index contributed by atoms with van der Waals surface area (Å²) in [5.41, 5.74) is 2.07. The largest absolute Gasteiger partial charge is 0.481 e. The maximum absolute atomic E-state index is 12.5. The summed E-state index contributed by atoms with van der Waals surface area (Å²) in [5, 5.41) is 17.8. The van der Waals surface area contributed by atoms with Gasteiger partial charge in [0.25, 0.3) is 0 Å². The lowest BCUT2D eigenvalue weighted by atomic mass is 10.1. The Kier molecular flexibility index (Phi) is 6.18. The summed E-state index contributed by atoms with van der Waals surface area (Å²) in [4.78, 5) is 39.8. The summed E-state index contributed by atoms with van der Waals surface area (Å²) in [6, 6.07) is 10.4. The van der Waals surface area contributed by atoms with Crippen molar-refractivity contribution in [1.29, 1.82) is 0 Å². The predicted octanol–water partition coefficient (Wildman–Crippen LogP) is 1.60. The molecule has 1 aromatic carbocycles. The number of aryl methyl sites for hydroxylation is 1. The Labute approximate surface area is 167 Å².